The number of hydrogen-bond acceptors (Lipinski definition) is 7. The molecule has 186 valence electrons. The number of aromatic nitrogens is 3. The van der Waals surface area contributed by atoms with E-state index in [1.807, 2.05) is 0 Å². The Labute approximate surface area is 200 Å². The zero-order valence-corrected chi connectivity index (χ0v) is 19.5. The van der Waals surface area contributed by atoms with Crippen LogP contribution < -0.4 is 15.8 Å². The third-order valence-electron chi connectivity index (χ3n) is 6.78. The number of rotatable bonds is 4. The predicted octanol–water partition coefficient (Wildman–Crippen LogP) is 3.34. The van der Waals surface area contributed by atoms with Crippen molar-refractivity contribution < 1.29 is 17.9 Å². The number of H-pyrrole nitrogens is 1. The van der Waals surface area contributed by atoms with E-state index in [0.717, 1.165) is 31.8 Å². The zero-order chi connectivity index (χ0) is 24.7. The van der Waals surface area contributed by atoms with Gasteiger partial charge < -0.3 is 19.9 Å². The van der Waals surface area contributed by atoms with Crippen molar-refractivity contribution in [3.05, 3.63) is 57.5 Å². The monoisotopic (exact) mass is 488 g/mol. The molecule has 35 heavy (non-hydrogen) atoms. The quantitative estimate of drug-likeness (QED) is 0.583. The molecule has 2 aliphatic rings. The molecule has 1 aromatic carbocycles. The lowest BCUT2D eigenvalue weighted by Crippen LogP contribution is -2.58. The number of ether oxygens (including phenoxy) is 1. The Balaban J connectivity index is 1.47. The molecule has 2 aliphatic heterocycles. The fourth-order valence-electron chi connectivity index (χ4n) is 4.80. The Hall–Kier alpha value is -3.18. The molecule has 4 heterocycles. The van der Waals surface area contributed by atoms with Gasteiger partial charge >= 0.3 is 6.18 Å². The largest absolute Gasteiger partial charge is 0.416 e. The highest BCUT2D eigenvalue weighted by Crippen LogP contribution is 2.32. The maximum absolute atomic E-state index is 13.2. The molecule has 0 radical (unpaired) electrons. The van der Waals surface area contributed by atoms with Gasteiger partial charge in [-0.1, -0.05) is 12.1 Å². The van der Waals surface area contributed by atoms with E-state index >= 15 is 0 Å². The number of aryl methyl sites for hydroxylation is 1. The molecular weight excluding hydrogens is 461 g/mol. The molecule has 5 rings (SSSR count). The first-order valence-electron chi connectivity index (χ1n) is 11.6. The molecule has 8 nitrogen and oxygen atoms in total. The molecule has 2 saturated heterocycles. The lowest BCUT2D eigenvalue weighted by molar-refractivity contribution is -0.137. The molecule has 11 heteroatoms. The van der Waals surface area contributed by atoms with Crippen LogP contribution in [0.15, 0.2) is 35.1 Å². The minimum absolute atomic E-state index is 0.212. The van der Waals surface area contributed by atoms with Crippen LogP contribution >= 0.6 is 0 Å². The molecule has 0 amide bonds. The summed E-state index contributed by atoms with van der Waals surface area (Å²) in [4.78, 5) is 20.4. The number of hydrogen-bond donors (Lipinski definition) is 2. The van der Waals surface area contributed by atoms with Crippen molar-refractivity contribution in [2.75, 3.05) is 49.6 Å². The van der Waals surface area contributed by atoms with E-state index in [-0.39, 0.29) is 11.6 Å². The summed E-state index contributed by atoms with van der Waals surface area (Å²) < 4.78 is 45.2. The summed E-state index contributed by atoms with van der Waals surface area (Å²) in [6.07, 6.45) is -4.42. The minimum atomic E-state index is -4.42. The number of morpholine rings is 1. The summed E-state index contributed by atoms with van der Waals surface area (Å²) in [5.41, 5.74) is 1.19. The highest BCUT2D eigenvalue weighted by molar-refractivity contribution is 5.92. The molecule has 0 bridgehead atoms. The maximum atomic E-state index is 13.2. The van der Waals surface area contributed by atoms with Crippen LogP contribution in [0.3, 0.4) is 0 Å². The Morgan fingerprint density at radius 2 is 2.03 bits per heavy atom. The van der Waals surface area contributed by atoms with Gasteiger partial charge in [0.1, 0.15) is 5.69 Å². The maximum Gasteiger partial charge on any atom is 0.416 e. The molecule has 0 aliphatic carbocycles. The van der Waals surface area contributed by atoms with Crippen LogP contribution in [-0.4, -0.2) is 65.5 Å². The van der Waals surface area contributed by atoms with Crippen molar-refractivity contribution >= 4 is 22.4 Å². The standard InChI is InChI=1S/C24H27F3N6O2/c1-14(16-4-3-5-17(10-16)24(25,26)27)28-22-19-11-20(23(34)29-21(19)15(2)30-31-22)33-7-6-32-8-9-35-13-18(32)12-33/h3-5,10-11,14,18H,6-9,12-13H2,1-2H3,(H,28,31)(H,29,34)/t14-,18+/m1/s1. The van der Waals surface area contributed by atoms with Crippen LogP contribution in [-0.2, 0) is 10.9 Å². The van der Waals surface area contributed by atoms with Crippen molar-refractivity contribution in [1.29, 1.82) is 0 Å². The number of nitrogens with zero attached hydrogens (tertiary/aromatic N) is 4. The van der Waals surface area contributed by atoms with Crippen LogP contribution in [0.5, 0.6) is 0 Å². The number of benzene rings is 1. The van der Waals surface area contributed by atoms with Crippen LogP contribution in [0.25, 0.3) is 10.9 Å². The smallest absolute Gasteiger partial charge is 0.378 e. The third kappa shape index (κ3) is 4.70. The van der Waals surface area contributed by atoms with Crippen LogP contribution in [0.1, 0.15) is 29.8 Å². The van der Waals surface area contributed by atoms with Crippen molar-refractivity contribution in [3.63, 3.8) is 0 Å². The Morgan fingerprint density at radius 3 is 2.83 bits per heavy atom. The van der Waals surface area contributed by atoms with Gasteiger partial charge in [0.05, 0.1) is 42.1 Å². The average Bonchev–Trinajstić information content (AvgIpc) is 2.85. The van der Waals surface area contributed by atoms with Gasteiger partial charge in [-0.15, -0.1) is 5.10 Å². The number of fused-ring (bicyclic) bond motifs is 2. The minimum Gasteiger partial charge on any atom is -0.378 e. The van der Waals surface area contributed by atoms with E-state index in [9.17, 15) is 18.0 Å². The highest BCUT2D eigenvalue weighted by Gasteiger charge is 2.32. The van der Waals surface area contributed by atoms with Crippen molar-refractivity contribution in [3.8, 4) is 0 Å². The summed E-state index contributed by atoms with van der Waals surface area (Å²) in [6, 6.07) is 6.75. The summed E-state index contributed by atoms with van der Waals surface area (Å²) >= 11 is 0. The number of halogens is 3. The van der Waals surface area contributed by atoms with Crippen LogP contribution in [0, 0.1) is 6.92 Å². The molecule has 0 unspecified atom stereocenters. The molecular formula is C24H27F3N6O2. The van der Waals surface area contributed by atoms with Gasteiger partial charge in [-0.05, 0) is 37.6 Å². The van der Waals surface area contributed by atoms with Crippen molar-refractivity contribution in [2.45, 2.75) is 32.1 Å². The SMILES string of the molecule is Cc1nnc(N[C@H](C)c2cccc(C(F)(F)F)c2)c2cc(N3CCN4CCOC[C@@H]4C3)c(=O)[nH]c12. The highest BCUT2D eigenvalue weighted by atomic mass is 19.4. The van der Waals surface area contributed by atoms with Gasteiger partial charge in [-0.2, -0.15) is 18.3 Å². The molecule has 2 aromatic heterocycles. The summed E-state index contributed by atoms with van der Waals surface area (Å²) in [6.45, 7) is 8.00. The fraction of sp³-hybridized carbons (Fsp3) is 0.458. The normalized spacial score (nSPS) is 20.0. The molecule has 0 spiro atoms. The molecule has 2 atom stereocenters. The van der Waals surface area contributed by atoms with E-state index in [1.54, 1.807) is 26.0 Å². The lowest BCUT2D eigenvalue weighted by atomic mass is 10.0. The molecule has 2 N–H and O–H groups in total. The topological polar surface area (TPSA) is 86.4 Å². The summed E-state index contributed by atoms with van der Waals surface area (Å²) in [5.74, 6) is 0.396. The van der Waals surface area contributed by atoms with Gasteiger partial charge in [0.15, 0.2) is 5.82 Å². The Morgan fingerprint density at radius 1 is 1.20 bits per heavy atom. The first kappa shape index (κ1) is 23.6. The molecule has 3 aromatic rings. The molecule has 2 fully saturated rings. The lowest BCUT2D eigenvalue weighted by Gasteiger charge is -2.44. The van der Waals surface area contributed by atoms with E-state index in [1.165, 1.54) is 6.07 Å². The summed E-state index contributed by atoms with van der Waals surface area (Å²) in [5, 5.41) is 12.3. The zero-order valence-electron chi connectivity index (χ0n) is 19.5. The first-order chi connectivity index (χ1) is 16.7. The molecule has 0 saturated carbocycles. The van der Waals surface area contributed by atoms with Gasteiger partial charge in [0, 0.05) is 31.6 Å². The van der Waals surface area contributed by atoms with Gasteiger partial charge in [-0.25, -0.2) is 0 Å². The second kappa shape index (κ2) is 9.12. The number of nitrogens with one attached hydrogen (secondary N) is 2. The van der Waals surface area contributed by atoms with Crippen molar-refractivity contribution in [2.24, 2.45) is 0 Å². The average molecular weight is 489 g/mol. The van der Waals surface area contributed by atoms with E-state index in [2.05, 4.69) is 30.3 Å². The third-order valence-corrected chi connectivity index (χ3v) is 6.78. The number of pyridine rings is 1. The summed E-state index contributed by atoms with van der Waals surface area (Å²) in [7, 11) is 0. The Kier molecular flexibility index (Phi) is 6.14. The number of aromatic amines is 1. The van der Waals surface area contributed by atoms with Crippen molar-refractivity contribution in [1.82, 2.24) is 20.1 Å². The number of piperazine rings is 1. The van der Waals surface area contributed by atoms with Crippen LogP contribution in [0.4, 0.5) is 24.7 Å². The van der Waals surface area contributed by atoms with E-state index in [0.29, 0.717) is 53.4 Å². The van der Waals surface area contributed by atoms with Gasteiger partial charge in [0.2, 0.25) is 0 Å². The van der Waals surface area contributed by atoms with E-state index in [4.69, 9.17) is 4.74 Å². The number of anilines is 2. The first-order valence-corrected chi connectivity index (χ1v) is 11.6. The van der Waals surface area contributed by atoms with Gasteiger partial charge in [-0.3, -0.25) is 9.69 Å². The van der Waals surface area contributed by atoms with Gasteiger partial charge in [0.25, 0.3) is 5.56 Å². The fourth-order valence-corrected chi connectivity index (χ4v) is 4.80. The second-order valence-corrected chi connectivity index (χ2v) is 9.11. The Bertz CT molecular complexity index is 1290. The number of alkyl halides is 3. The van der Waals surface area contributed by atoms with E-state index < -0.39 is 17.8 Å². The second-order valence-electron chi connectivity index (χ2n) is 9.11. The van der Waals surface area contributed by atoms with Crippen LogP contribution in [0.2, 0.25) is 0 Å². The predicted molar refractivity (Wildman–Crippen MR) is 127 cm³/mol.